The fourth-order valence-electron chi connectivity index (χ4n) is 4.89. The van der Waals surface area contributed by atoms with Crippen molar-refractivity contribution in [2.24, 2.45) is 11.8 Å². The van der Waals surface area contributed by atoms with Crippen LogP contribution in [0.2, 0.25) is 0 Å². The van der Waals surface area contributed by atoms with Crippen molar-refractivity contribution >= 4 is 11.4 Å². The molecule has 0 spiro atoms. The van der Waals surface area contributed by atoms with Crippen molar-refractivity contribution in [1.82, 2.24) is 0 Å². The minimum atomic E-state index is 0.343. The highest BCUT2D eigenvalue weighted by atomic mass is 16.5. The summed E-state index contributed by atoms with van der Waals surface area (Å²) in [6.45, 7) is 11.8. The molecule has 3 nitrogen and oxygen atoms in total. The Morgan fingerprint density at radius 1 is 1.07 bits per heavy atom. The molecular formula is C27H36N2O. The predicted molar refractivity (Wildman–Crippen MR) is 128 cm³/mol. The van der Waals surface area contributed by atoms with Crippen LogP contribution in [0, 0.1) is 11.8 Å². The van der Waals surface area contributed by atoms with Crippen LogP contribution < -0.4 is 15.0 Å². The topological polar surface area (TPSA) is 24.5 Å². The van der Waals surface area contributed by atoms with Gasteiger partial charge in [0, 0.05) is 30.4 Å². The van der Waals surface area contributed by atoms with Gasteiger partial charge in [-0.1, -0.05) is 38.1 Å². The van der Waals surface area contributed by atoms with E-state index in [4.69, 9.17) is 4.74 Å². The molecule has 1 heterocycles. The van der Waals surface area contributed by atoms with Gasteiger partial charge >= 0.3 is 0 Å². The van der Waals surface area contributed by atoms with Crippen LogP contribution >= 0.6 is 0 Å². The highest BCUT2D eigenvalue weighted by Gasteiger charge is 2.38. The summed E-state index contributed by atoms with van der Waals surface area (Å²) >= 11 is 0. The molecule has 0 radical (unpaired) electrons. The van der Waals surface area contributed by atoms with Gasteiger partial charge in [0.05, 0.1) is 12.6 Å². The van der Waals surface area contributed by atoms with Crippen LogP contribution in [-0.2, 0) is 0 Å². The van der Waals surface area contributed by atoms with Crippen molar-refractivity contribution in [3.05, 3.63) is 65.7 Å². The Kier molecular flexibility index (Phi) is 6.36. The maximum Gasteiger partial charge on any atom is 0.119 e. The first-order valence-electron chi connectivity index (χ1n) is 11.7. The molecule has 3 unspecified atom stereocenters. The van der Waals surface area contributed by atoms with Crippen LogP contribution in [0.4, 0.5) is 11.4 Å². The molecule has 0 saturated heterocycles. The predicted octanol–water partition coefficient (Wildman–Crippen LogP) is 6.78. The molecule has 4 rings (SSSR count). The van der Waals surface area contributed by atoms with E-state index in [1.807, 2.05) is 0 Å². The highest BCUT2D eigenvalue weighted by Crippen LogP contribution is 2.50. The molecule has 0 amide bonds. The minimum Gasteiger partial charge on any atom is -0.494 e. The summed E-state index contributed by atoms with van der Waals surface area (Å²) in [6, 6.07) is 16.1. The van der Waals surface area contributed by atoms with E-state index < -0.39 is 0 Å². The van der Waals surface area contributed by atoms with Crippen LogP contribution in [0.5, 0.6) is 5.75 Å². The quantitative estimate of drug-likeness (QED) is 0.491. The van der Waals surface area contributed by atoms with E-state index in [2.05, 4.69) is 92.5 Å². The lowest BCUT2D eigenvalue weighted by Gasteiger charge is -2.38. The number of anilines is 2. The monoisotopic (exact) mass is 404 g/mol. The Hall–Kier alpha value is -2.42. The highest BCUT2D eigenvalue weighted by molar-refractivity contribution is 5.62. The summed E-state index contributed by atoms with van der Waals surface area (Å²) in [6.07, 6.45) is 6.97. The number of ether oxygens (including phenoxy) is 1. The van der Waals surface area contributed by atoms with Crippen LogP contribution in [0.15, 0.2) is 54.6 Å². The molecular weight excluding hydrogens is 368 g/mol. The van der Waals surface area contributed by atoms with Crippen molar-refractivity contribution < 1.29 is 4.74 Å². The van der Waals surface area contributed by atoms with Gasteiger partial charge in [-0.15, -0.1) is 0 Å². The van der Waals surface area contributed by atoms with Gasteiger partial charge in [-0.2, -0.15) is 0 Å². The van der Waals surface area contributed by atoms with Crippen molar-refractivity contribution in [1.29, 1.82) is 0 Å². The van der Waals surface area contributed by atoms with Gasteiger partial charge in [-0.3, -0.25) is 0 Å². The summed E-state index contributed by atoms with van der Waals surface area (Å²) in [7, 11) is 0. The standard InChI is InChI=1S/C27H36N2O/c1-5-29(6-2)21-12-10-20(11-13-21)27-24-9-7-8-23(24)25-18-22(14-15-26(25)28-27)30-17-16-19(3)4/h7-8,10-15,18-19,23-24,27-28H,5-6,9,16-17H2,1-4H3. The third-order valence-corrected chi connectivity index (χ3v) is 6.68. The zero-order valence-electron chi connectivity index (χ0n) is 18.9. The second-order valence-corrected chi connectivity index (χ2v) is 9.02. The first kappa shape index (κ1) is 20.8. The van der Waals surface area contributed by atoms with Gasteiger partial charge in [0.15, 0.2) is 0 Å². The number of hydrogen-bond acceptors (Lipinski definition) is 3. The number of rotatable bonds is 8. The third kappa shape index (κ3) is 4.21. The second kappa shape index (κ2) is 9.16. The molecule has 30 heavy (non-hydrogen) atoms. The summed E-state index contributed by atoms with van der Waals surface area (Å²) in [5, 5.41) is 3.85. The third-order valence-electron chi connectivity index (χ3n) is 6.68. The Balaban J connectivity index is 1.55. The second-order valence-electron chi connectivity index (χ2n) is 9.02. The molecule has 3 heteroatoms. The normalized spacial score (nSPS) is 21.8. The van der Waals surface area contributed by atoms with Gasteiger partial charge in [-0.05, 0) is 80.0 Å². The zero-order valence-corrected chi connectivity index (χ0v) is 18.9. The largest absolute Gasteiger partial charge is 0.494 e. The molecule has 2 aliphatic rings. The lowest BCUT2D eigenvalue weighted by Crippen LogP contribution is -2.29. The number of nitrogens with one attached hydrogen (secondary N) is 1. The Labute approximate surface area is 182 Å². The van der Waals surface area contributed by atoms with Gasteiger partial charge in [0.2, 0.25) is 0 Å². The smallest absolute Gasteiger partial charge is 0.119 e. The zero-order chi connectivity index (χ0) is 21.1. The number of benzene rings is 2. The van der Waals surface area contributed by atoms with Gasteiger partial charge in [0.25, 0.3) is 0 Å². The lowest BCUT2D eigenvalue weighted by atomic mass is 9.77. The van der Waals surface area contributed by atoms with Gasteiger partial charge < -0.3 is 15.0 Å². The molecule has 0 saturated carbocycles. The molecule has 1 aliphatic carbocycles. The van der Waals surface area contributed by atoms with Gasteiger partial charge in [0.1, 0.15) is 5.75 Å². The summed E-state index contributed by atoms with van der Waals surface area (Å²) in [5.41, 5.74) is 5.32. The van der Waals surface area contributed by atoms with Crippen LogP contribution in [0.25, 0.3) is 0 Å². The SMILES string of the molecule is CCN(CC)c1ccc(C2Nc3ccc(OCCC(C)C)cc3C3C=CCC32)cc1. The molecule has 2 aromatic rings. The first-order chi connectivity index (χ1) is 14.6. The minimum absolute atomic E-state index is 0.343. The molecule has 3 atom stereocenters. The first-order valence-corrected chi connectivity index (χ1v) is 11.7. The Morgan fingerprint density at radius 2 is 1.83 bits per heavy atom. The van der Waals surface area contributed by atoms with Crippen LogP contribution in [-0.4, -0.2) is 19.7 Å². The fraction of sp³-hybridized carbons (Fsp3) is 0.481. The van der Waals surface area contributed by atoms with E-state index in [9.17, 15) is 0 Å². The Morgan fingerprint density at radius 3 is 2.53 bits per heavy atom. The maximum absolute atomic E-state index is 6.04. The molecule has 160 valence electrons. The molecule has 1 N–H and O–H groups in total. The molecule has 1 aliphatic heterocycles. The van der Waals surface area contributed by atoms with Crippen molar-refractivity contribution in [2.75, 3.05) is 29.9 Å². The number of fused-ring (bicyclic) bond motifs is 3. The van der Waals surface area contributed by atoms with Crippen molar-refractivity contribution in [3.8, 4) is 5.75 Å². The van der Waals surface area contributed by atoms with E-state index in [1.165, 1.54) is 22.5 Å². The number of allylic oxidation sites excluding steroid dienone is 2. The van der Waals surface area contributed by atoms with Crippen molar-refractivity contribution in [2.45, 2.75) is 52.5 Å². The fourth-order valence-corrected chi connectivity index (χ4v) is 4.89. The van der Waals surface area contributed by atoms with E-state index in [0.29, 0.717) is 23.8 Å². The average Bonchev–Trinajstić information content (AvgIpc) is 3.25. The summed E-state index contributed by atoms with van der Waals surface area (Å²) in [4.78, 5) is 2.40. The van der Waals surface area contributed by atoms with Crippen molar-refractivity contribution in [3.63, 3.8) is 0 Å². The lowest BCUT2D eigenvalue weighted by molar-refractivity contribution is 0.289. The number of nitrogens with zero attached hydrogens (tertiary/aromatic N) is 1. The molecule has 0 bridgehead atoms. The van der Waals surface area contributed by atoms with E-state index in [0.717, 1.165) is 38.3 Å². The average molecular weight is 405 g/mol. The number of hydrogen-bond donors (Lipinski definition) is 1. The molecule has 2 aromatic carbocycles. The van der Waals surface area contributed by atoms with E-state index in [-0.39, 0.29) is 0 Å². The molecule has 0 fully saturated rings. The van der Waals surface area contributed by atoms with E-state index >= 15 is 0 Å². The summed E-state index contributed by atoms with van der Waals surface area (Å²) < 4.78 is 6.04. The Bertz CT molecular complexity index is 867. The van der Waals surface area contributed by atoms with Crippen LogP contribution in [0.3, 0.4) is 0 Å². The summed E-state index contributed by atoms with van der Waals surface area (Å²) in [5.74, 6) is 2.68. The van der Waals surface area contributed by atoms with Gasteiger partial charge in [-0.25, -0.2) is 0 Å². The molecule has 0 aromatic heterocycles. The van der Waals surface area contributed by atoms with E-state index in [1.54, 1.807) is 0 Å². The van der Waals surface area contributed by atoms with Crippen LogP contribution in [0.1, 0.15) is 63.6 Å². The maximum atomic E-state index is 6.04.